The second-order valence-corrected chi connectivity index (χ2v) is 9.74. The summed E-state index contributed by atoms with van der Waals surface area (Å²) in [5, 5.41) is 9.24. The first-order chi connectivity index (χ1) is 13.2. The van der Waals surface area contributed by atoms with Crippen molar-refractivity contribution in [1.29, 1.82) is 0 Å². The summed E-state index contributed by atoms with van der Waals surface area (Å²) in [5.74, 6) is -0.159. The number of benzene rings is 1. The van der Waals surface area contributed by atoms with E-state index >= 15 is 0 Å². The van der Waals surface area contributed by atoms with Gasteiger partial charge in [-0.1, -0.05) is 29.8 Å². The summed E-state index contributed by atoms with van der Waals surface area (Å²) in [6.45, 7) is 4.36. The molecule has 1 fully saturated rings. The van der Waals surface area contributed by atoms with E-state index in [1.807, 2.05) is 42.8 Å². The lowest BCUT2D eigenvalue weighted by Gasteiger charge is -2.07. The summed E-state index contributed by atoms with van der Waals surface area (Å²) < 4.78 is 24.8. The summed E-state index contributed by atoms with van der Waals surface area (Å²) >= 11 is 6.23. The maximum atomic E-state index is 12.0. The van der Waals surface area contributed by atoms with E-state index in [0.29, 0.717) is 18.0 Å². The van der Waals surface area contributed by atoms with Crippen LogP contribution in [0.25, 0.3) is 0 Å². The van der Waals surface area contributed by atoms with Crippen LogP contribution in [0, 0.1) is 19.8 Å². The van der Waals surface area contributed by atoms with Gasteiger partial charge < -0.3 is 0 Å². The molecular weight excluding hydrogens is 400 g/mol. The molecule has 0 aliphatic carbocycles. The number of aromatic nitrogens is 2. The predicted octanol–water partition coefficient (Wildman–Crippen LogP) is 2.48. The lowest BCUT2D eigenvalue weighted by atomic mass is 10.1. The normalized spacial score (nSPS) is 18.6. The Morgan fingerprint density at radius 3 is 2.82 bits per heavy atom. The van der Waals surface area contributed by atoms with Gasteiger partial charge in [0.2, 0.25) is 5.91 Å². The topological polar surface area (TPSA) is 93.4 Å². The number of halogens is 1. The molecule has 1 amide bonds. The zero-order valence-electron chi connectivity index (χ0n) is 15.9. The van der Waals surface area contributed by atoms with Gasteiger partial charge in [-0.15, -0.1) is 0 Å². The molecule has 7 nitrogen and oxygen atoms in total. The molecule has 2 aromatic rings. The van der Waals surface area contributed by atoms with Crippen LogP contribution >= 0.6 is 11.6 Å². The van der Waals surface area contributed by atoms with Crippen molar-refractivity contribution in [2.24, 2.45) is 11.0 Å². The maximum Gasteiger partial charge on any atom is 0.240 e. The number of aryl methyl sites for hydroxylation is 1. The lowest BCUT2D eigenvalue weighted by Crippen LogP contribution is -2.21. The van der Waals surface area contributed by atoms with Gasteiger partial charge in [0, 0.05) is 22.7 Å². The summed E-state index contributed by atoms with van der Waals surface area (Å²) in [4.78, 5) is 12.0. The van der Waals surface area contributed by atoms with Gasteiger partial charge in [0.05, 0.1) is 30.0 Å². The quantitative estimate of drug-likeness (QED) is 0.571. The Labute approximate surface area is 169 Å². The minimum Gasteiger partial charge on any atom is -0.273 e. The van der Waals surface area contributed by atoms with Crippen molar-refractivity contribution in [3.63, 3.8) is 0 Å². The van der Waals surface area contributed by atoms with Crippen molar-refractivity contribution < 1.29 is 13.2 Å². The lowest BCUT2D eigenvalue weighted by molar-refractivity contribution is -0.121. The molecule has 1 atom stereocenters. The molecule has 0 spiro atoms. The van der Waals surface area contributed by atoms with E-state index in [1.54, 1.807) is 6.21 Å². The van der Waals surface area contributed by atoms with Crippen LogP contribution in [0.1, 0.15) is 35.4 Å². The van der Waals surface area contributed by atoms with Crippen molar-refractivity contribution in [1.82, 2.24) is 15.2 Å². The summed E-state index contributed by atoms with van der Waals surface area (Å²) in [6, 6.07) is 7.61. The molecule has 3 rings (SSSR count). The third-order valence-corrected chi connectivity index (χ3v) is 7.10. The van der Waals surface area contributed by atoms with Crippen molar-refractivity contribution in [2.45, 2.75) is 33.2 Å². The molecule has 1 aliphatic heterocycles. The van der Waals surface area contributed by atoms with Gasteiger partial charge in [0.1, 0.15) is 0 Å². The molecule has 2 heterocycles. The van der Waals surface area contributed by atoms with Crippen LogP contribution in [0.3, 0.4) is 0 Å². The van der Waals surface area contributed by atoms with Gasteiger partial charge in [-0.2, -0.15) is 10.2 Å². The highest BCUT2D eigenvalue weighted by atomic mass is 35.5. The van der Waals surface area contributed by atoms with Crippen LogP contribution in [0.15, 0.2) is 29.4 Å². The first-order valence-electron chi connectivity index (χ1n) is 9.05. The number of nitrogens with zero attached hydrogens (tertiary/aromatic N) is 3. The molecule has 1 N–H and O–H groups in total. The number of nitrogens with one attached hydrogen (secondary N) is 1. The highest BCUT2D eigenvalue weighted by molar-refractivity contribution is 7.91. The van der Waals surface area contributed by atoms with Crippen LogP contribution < -0.4 is 5.43 Å². The third kappa shape index (κ3) is 4.99. The molecule has 150 valence electrons. The molecule has 1 aromatic heterocycles. The Hall–Kier alpha value is -2.19. The second-order valence-electron chi connectivity index (χ2n) is 7.10. The number of carbonyl (C=O) groups is 1. The number of sulfone groups is 1. The SMILES string of the molecule is Cc1nn(Cc2ccccc2Cl)c(C)c1/C=N\NC(=O)C[C@H]1CCS(=O)(=O)C1. The highest BCUT2D eigenvalue weighted by Gasteiger charge is 2.29. The Morgan fingerprint density at radius 2 is 2.14 bits per heavy atom. The fourth-order valence-electron chi connectivity index (χ4n) is 3.35. The van der Waals surface area contributed by atoms with Crippen molar-refractivity contribution in [3.05, 3.63) is 51.8 Å². The van der Waals surface area contributed by atoms with Gasteiger partial charge in [-0.05, 0) is 37.8 Å². The zero-order chi connectivity index (χ0) is 20.3. The largest absolute Gasteiger partial charge is 0.273 e. The van der Waals surface area contributed by atoms with Crippen LogP contribution in [-0.4, -0.2) is 41.8 Å². The monoisotopic (exact) mass is 422 g/mol. The second kappa shape index (κ2) is 8.45. The number of hydrogen-bond acceptors (Lipinski definition) is 5. The predicted molar refractivity (Wildman–Crippen MR) is 109 cm³/mol. The van der Waals surface area contributed by atoms with Crippen molar-refractivity contribution >= 4 is 33.6 Å². The Bertz CT molecular complexity index is 1010. The van der Waals surface area contributed by atoms with Gasteiger partial charge in [0.15, 0.2) is 9.84 Å². The summed E-state index contributed by atoms with van der Waals surface area (Å²) in [5.41, 5.74) is 6.00. The van der Waals surface area contributed by atoms with Gasteiger partial charge in [-0.3, -0.25) is 9.48 Å². The van der Waals surface area contributed by atoms with E-state index in [4.69, 9.17) is 11.6 Å². The molecule has 0 radical (unpaired) electrons. The number of rotatable bonds is 6. The maximum absolute atomic E-state index is 12.0. The summed E-state index contributed by atoms with van der Waals surface area (Å²) in [6.07, 6.45) is 2.27. The first-order valence-corrected chi connectivity index (χ1v) is 11.2. The number of amides is 1. The van der Waals surface area contributed by atoms with Crippen LogP contribution in [0.5, 0.6) is 0 Å². The average Bonchev–Trinajstić information content (AvgIpc) is 3.09. The molecule has 1 saturated heterocycles. The molecule has 0 unspecified atom stereocenters. The minimum atomic E-state index is -2.98. The van der Waals surface area contributed by atoms with Crippen LogP contribution in [-0.2, 0) is 21.2 Å². The molecule has 0 saturated carbocycles. The highest BCUT2D eigenvalue weighted by Crippen LogP contribution is 2.21. The van der Waals surface area contributed by atoms with Crippen molar-refractivity contribution in [2.75, 3.05) is 11.5 Å². The van der Waals surface area contributed by atoms with E-state index in [1.165, 1.54) is 0 Å². The smallest absolute Gasteiger partial charge is 0.240 e. The molecule has 9 heteroatoms. The Morgan fingerprint density at radius 1 is 1.39 bits per heavy atom. The summed E-state index contributed by atoms with van der Waals surface area (Å²) in [7, 11) is -2.98. The van der Waals surface area contributed by atoms with E-state index in [2.05, 4.69) is 15.6 Å². The molecule has 0 bridgehead atoms. The minimum absolute atomic E-state index is 0.0805. The van der Waals surface area contributed by atoms with E-state index in [9.17, 15) is 13.2 Å². The average molecular weight is 423 g/mol. The Balaban J connectivity index is 1.62. The molecule has 28 heavy (non-hydrogen) atoms. The number of carbonyl (C=O) groups excluding carboxylic acids is 1. The van der Waals surface area contributed by atoms with Gasteiger partial charge in [0.25, 0.3) is 0 Å². The first kappa shape index (κ1) is 20.5. The van der Waals surface area contributed by atoms with E-state index in [0.717, 1.165) is 22.5 Å². The van der Waals surface area contributed by atoms with Crippen LogP contribution in [0.4, 0.5) is 0 Å². The number of hydrazone groups is 1. The Kier molecular flexibility index (Phi) is 6.20. The fraction of sp³-hybridized carbons (Fsp3) is 0.421. The zero-order valence-corrected chi connectivity index (χ0v) is 17.4. The van der Waals surface area contributed by atoms with Gasteiger partial charge in [-0.25, -0.2) is 13.8 Å². The molecule has 1 aliphatic rings. The third-order valence-electron chi connectivity index (χ3n) is 4.90. The molecule has 1 aromatic carbocycles. The molecular formula is C19H23ClN4O3S. The van der Waals surface area contributed by atoms with E-state index < -0.39 is 9.84 Å². The van der Waals surface area contributed by atoms with Gasteiger partial charge >= 0.3 is 0 Å². The number of hydrogen-bond donors (Lipinski definition) is 1. The van der Waals surface area contributed by atoms with Crippen LogP contribution in [0.2, 0.25) is 5.02 Å². The van der Waals surface area contributed by atoms with E-state index in [-0.39, 0.29) is 29.8 Å². The standard InChI is InChI=1S/C19H23ClN4O3S/c1-13-17(10-21-22-19(25)9-15-7-8-28(26,27)12-15)14(2)24(23-13)11-16-5-3-4-6-18(16)20/h3-6,10,15H,7-9,11-12H2,1-2H3,(H,22,25)/b21-10-/t15-/m1/s1. The van der Waals surface area contributed by atoms with Crippen molar-refractivity contribution in [3.8, 4) is 0 Å². The fourth-order valence-corrected chi connectivity index (χ4v) is 5.41.